The number of aryl methyl sites for hydroxylation is 1. The Bertz CT molecular complexity index is 1530. The predicted octanol–water partition coefficient (Wildman–Crippen LogP) is 7.64. The van der Waals surface area contributed by atoms with Crippen LogP contribution in [0, 0.1) is 18.8 Å². The molecule has 3 N–H and O–H groups in total. The van der Waals surface area contributed by atoms with Crippen molar-refractivity contribution < 1.29 is 9.59 Å². The summed E-state index contributed by atoms with van der Waals surface area (Å²) in [5, 5.41) is 4.18. The number of carbonyl (C=O) groups is 2. The lowest BCUT2D eigenvalue weighted by Gasteiger charge is -2.34. The van der Waals surface area contributed by atoms with Gasteiger partial charge in [-0.15, -0.1) is 11.3 Å². The molecule has 1 aliphatic heterocycles. The first kappa shape index (κ1) is 26.7. The number of likely N-dealkylation sites (tertiary alicyclic amines) is 1. The molecule has 4 aromatic rings. The van der Waals surface area contributed by atoms with E-state index in [1.165, 1.54) is 11.3 Å². The van der Waals surface area contributed by atoms with Crippen LogP contribution in [0.25, 0.3) is 21.3 Å². The Morgan fingerprint density at radius 1 is 1.08 bits per heavy atom. The lowest BCUT2D eigenvalue weighted by atomic mass is 9.91. The molecule has 2 aromatic heterocycles. The Morgan fingerprint density at radius 2 is 1.71 bits per heavy atom. The van der Waals surface area contributed by atoms with Gasteiger partial charge in [0.25, 0.3) is 11.8 Å². The number of rotatable bonds is 4. The number of thiophene rings is 1. The number of halogens is 2. The lowest BCUT2D eigenvalue weighted by molar-refractivity contribution is 0.0629. The second kappa shape index (κ2) is 10.7. The molecule has 2 atom stereocenters. The minimum Gasteiger partial charge on any atom is -0.397 e. The molecule has 3 heterocycles. The third kappa shape index (κ3) is 5.17. The van der Waals surface area contributed by atoms with Crippen LogP contribution < -0.4 is 11.1 Å². The zero-order valence-electron chi connectivity index (χ0n) is 21.3. The smallest absolute Gasteiger partial charge is 0.266 e. The lowest BCUT2D eigenvalue weighted by Crippen LogP contribution is -2.42. The topological polar surface area (TPSA) is 88.3 Å². The third-order valence-electron chi connectivity index (χ3n) is 6.87. The van der Waals surface area contributed by atoms with Gasteiger partial charge in [-0.2, -0.15) is 0 Å². The molecule has 5 rings (SSSR count). The van der Waals surface area contributed by atoms with Gasteiger partial charge < -0.3 is 16.0 Å². The van der Waals surface area contributed by atoms with Gasteiger partial charge in [-0.1, -0.05) is 53.5 Å². The molecular formula is C29H28BrClN4O2S. The highest BCUT2D eigenvalue weighted by Crippen LogP contribution is 2.43. The van der Waals surface area contributed by atoms with Crippen LogP contribution in [0.1, 0.15) is 46.0 Å². The van der Waals surface area contributed by atoms with E-state index in [2.05, 4.69) is 35.1 Å². The zero-order valence-corrected chi connectivity index (χ0v) is 24.5. The molecule has 1 saturated heterocycles. The number of hydrogen-bond donors (Lipinski definition) is 2. The van der Waals surface area contributed by atoms with Crippen LogP contribution in [0.3, 0.4) is 0 Å². The predicted molar refractivity (Wildman–Crippen MR) is 160 cm³/mol. The van der Waals surface area contributed by atoms with Gasteiger partial charge in [0.15, 0.2) is 0 Å². The van der Waals surface area contributed by atoms with E-state index in [1.807, 2.05) is 36.1 Å². The maximum Gasteiger partial charge on any atom is 0.266 e. The number of nitrogens with two attached hydrogens (primary N) is 1. The van der Waals surface area contributed by atoms with Crippen LogP contribution in [0.15, 0.2) is 53.0 Å². The summed E-state index contributed by atoms with van der Waals surface area (Å²) in [7, 11) is 0. The van der Waals surface area contributed by atoms with Crippen molar-refractivity contribution in [1.82, 2.24) is 9.88 Å². The minimum absolute atomic E-state index is 0.0736. The molecule has 38 heavy (non-hydrogen) atoms. The second-order valence-corrected chi connectivity index (χ2v) is 12.4. The molecule has 0 radical (unpaired) electrons. The van der Waals surface area contributed by atoms with Gasteiger partial charge in [-0.05, 0) is 67.1 Å². The third-order valence-corrected chi connectivity index (χ3v) is 8.74. The number of piperidine rings is 1. The Labute approximate surface area is 239 Å². The van der Waals surface area contributed by atoms with Crippen LogP contribution >= 0.6 is 38.9 Å². The summed E-state index contributed by atoms with van der Waals surface area (Å²) in [5.74, 6) is 0.477. The van der Waals surface area contributed by atoms with Gasteiger partial charge in [-0.25, -0.2) is 4.98 Å². The maximum atomic E-state index is 13.7. The highest BCUT2D eigenvalue weighted by Gasteiger charge is 2.31. The fourth-order valence-electron chi connectivity index (χ4n) is 5.31. The molecule has 0 bridgehead atoms. The van der Waals surface area contributed by atoms with Gasteiger partial charge in [-0.3, -0.25) is 9.59 Å². The summed E-state index contributed by atoms with van der Waals surface area (Å²) in [6.45, 7) is 7.57. The number of hydrogen-bond acceptors (Lipinski definition) is 5. The molecule has 2 aromatic carbocycles. The van der Waals surface area contributed by atoms with Crippen molar-refractivity contribution in [1.29, 1.82) is 0 Å². The maximum absolute atomic E-state index is 13.7. The van der Waals surface area contributed by atoms with Crippen molar-refractivity contribution in [2.24, 2.45) is 11.8 Å². The first-order chi connectivity index (χ1) is 18.1. The Hall–Kier alpha value is -2.94. The van der Waals surface area contributed by atoms with Crippen molar-refractivity contribution in [3.8, 4) is 11.1 Å². The summed E-state index contributed by atoms with van der Waals surface area (Å²) in [5.41, 5.74) is 10.2. The van der Waals surface area contributed by atoms with E-state index in [0.29, 0.717) is 73.2 Å². The van der Waals surface area contributed by atoms with Gasteiger partial charge >= 0.3 is 0 Å². The van der Waals surface area contributed by atoms with Crippen LogP contribution in [0.4, 0.5) is 11.4 Å². The monoisotopic (exact) mass is 610 g/mol. The number of amides is 2. The summed E-state index contributed by atoms with van der Waals surface area (Å²) in [4.78, 5) is 35.2. The molecule has 0 saturated carbocycles. The Morgan fingerprint density at radius 3 is 2.34 bits per heavy atom. The highest BCUT2D eigenvalue weighted by atomic mass is 79.9. The van der Waals surface area contributed by atoms with Crippen molar-refractivity contribution in [2.45, 2.75) is 27.2 Å². The molecule has 0 aliphatic carbocycles. The standard InChI is InChI=1S/C29H28BrClN4O2S/c1-15-12-16(2)14-35(13-15)29(37)26-25(32)24-23(18-4-6-19(30)7-5-18)22(17(3)33-28(24)38-26)27(36)34-21-10-8-20(31)9-11-21/h4-11,15-16H,12-14,32H2,1-3H3,(H,34,36). The number of carbonyl (C=O) groups excluding carboxylic acids is 2. The summed E-state index contributed by atoms with van der Waals surface area (Å²) >= 11 is 10.8. The summed E-state index contributed by atoms with van der Waals surface area (Å²) in [6.07, 6.45) is 1.10. The molecule has 196 valence electrons. The average Bonchev–Trinajstić information content (AvgIpc) is 3.19. The second-order valence-electron chi connectivity index (χ2n) is 10.1. The van der Waals surface area contributed by atoms with Crippen molar-refractivity contribution in [3.05, 3.63) is 74.2 Å². The van der Waals surface area contributed by atoms with E-state index in [1.54, 1.807) is 24.3 Å². The fraction of sp³-hybridized carbons (Fsp3) is 0.276. The minimum atomic E-state index is -0.311. The van der Waals surface area contributed by atoms with Crippen molar-refractivity contribution >= 4 is 72.3 Å². The molecule has 6 nitrogen and oxygen atoms in total. The quantitative estimate of drug-likeness (QED) is 0.248. The number of nitrogens with zero attached hydrogens (tertiary/aromatic N) is 2. The fourth-order valence-corrected chi connectivity index (χ4v) is 6.82. The number of aromatic nitrogens is 1. The summed E-state index contributed by atoms with van der Waals surface area (Å²) < 4.78 is 0.915. The van der Waals surface area contributed by atoms with E-state index in [0.717, 1.165) is 16.5 Å². The van der Waals surface area contributed by atoms with Crippen LogP contribution in [-0.4, -0.2) is 34.8 Å². The van der Waals surface area contributed by atoms with Crippen LogP contribution in [0.5, 0.6) is 0 Å². The van der Waals surface area contributed by atoms with Gasteiger partial charge in [0, 0.05) is 39.2 Å². The Kier molecular flexibility index (Phi) is 7.49. The van der Waals surface area contributed by atoms with Gasteiger partial charge in [0.1, 0.15) is 9.71 Å². The molecule has 2 unspecified atom stereocenters. The van der Waals surface area contributed by atoms with E-state index >= 15 is 0 Å². The first-order valence-electron chi connectivity index (χ1n) is 12.5. The number of pyridine rings is 1. The molecule has 1 aliphatic rings. The zero-order chi connectivity index (χ0) is 27.1. The number of nitrogens with one attached hydrogen (secondary N) is 1. The number of nitrogen functional groups attached to an aromatic ring is 1. The largest absolute Gasteiger partial charge is 0.397 e. The van der Waals surface area contributed by atoms with Gasteiger partial charge in [0.05, 0.1) is 16.9 Å². The van der Waals surface area contributed by atoms with Gasteiger partial charge in [0.2, 0.25) is 0 Å². The molecule has 1 fully saturated rings. The van der Waals surface area contributed by atoms with Crippen molar-refractivity contribution in [2.75, 3.05) is 24.1 Å². The number of fused-ring (bicyclic) bond motifs is 1. The normalized spacial score (nSPS) is 17.6. The van der Waals surface area contributed by atoms with E-state index in [4.69, 9.17) is 22.3 Å². The molecule has 0 spiro atoms. The van der Waals surface area contributed by atoms with E-state index in [-0.39, 0.29) is 11.8 Å². The molecule has 9 heteroatoms. The number of anilines is 2. The Balaban J connectivity index is 1.67. The van der Waals surface area contributed by atoms with E-state index in [9.17, 15) is 9.59 Å². The SMILES string of the molecule is Cc1nc2sc(C(=O)N3CC(C)CC(C)C3)c(N)c2c(-c2ccc(Br)cc2)c1C(=O)Nc1ccc(Cl)cc1. The van der Waals surface area contributed by atoms with Crippen molar-refractivity contribution in [3.63, 3.8) is 0 Å². The molecule has 2 amide bonds. The first-order valence-corrected chi connectivity index (χ1v) is 14.5. The summed E-state index contributed by atoms with van der Waals surface area (Å²) in [6, 6.07) is 14.6. The van der Waals surface area contributed by atoms with E-state index < -0.39 is 0 Å². The average molecular weight is 612 g/mol. The number of benzene rings is 2. The van der Waals surface area contributed by atoms with Crippen LogP contribution in [-0.2, 0) is 0 Å². The molecular weight excluding hydrogens is 584 g/mol. The highest BCUT2D eigenvalue weighted by molar-refractivity contribution is 9.10. The van der Waals surface area contributed by atoms with Crippen LogP contribution in [0.2, 0.25) is 5.02 Å².